The van der Waals surface area contributed by atoms with Gasteiger partial charge in [-0.1, -0.05) is 38.1 Å². The van der Waals surface area contributed by atoms with Crippen molar-refractivity contribution in [2.75, 3.05) is 0 Å². The van der Waals surface area contributed by atoms with E-state index in [0.717, 1.165) is 23.5 Å². The summed E-state index contributed by atoms with van der Waals surface area (Å²) in [7, 11) is 0. The van der Waals surface area contributed by atoms with Crippen LogP contribution in [0.4, 0.5) is 0 Å². The van der Waals surface area contributed by atoms with E-state index in [1.54, 1.807) is 0 Å². The van der Waals surface area contributed by atoms with Crippen LogP contribution in [-0.2, 0) is 16.1 Å². The van der Waals surface area contributed by atoms with E-state index >= 15 is 0 Å². The molecule has 2 aromatic carbocycles. The van der Waals surface area contributed by atoms with E-state index in [1.807, 2.05) is 36.4 Å². The van der Waals surface area contributed by atoms with E-state index in [2.05, 4.69) is 31.3 Å². The average Bonchev–Trinajstić information content (AvgIpc) is 2.60. The average molecular weight is 339 g/mol. The van der Waals surface area contributed by atoms with Crippen molar-refractivity contribution in [3.8, 4) is 11.5 Å². The normalized spacial score (nSPS) is 10.8. The second-order valence-electron chi connectivity index (χ2n) is 5.86. The number of nitrogens with one attached hydrogen (secondary N) is 1. The molecule has 0 aromatic heterocycles. The summed E-state index contributed by atoms with van der Waals surface area (Å²) >= 11 is 0. The number of hydrogen-bond acceptors (Lipinski definition) is 3. The lowest BCUT2D eigenvalue weighted by Gasteiger charge is -2.09. The number of carbonyl (C=O) groups excluding carboxylic acids is 1. The SMILES string of the molecule is CC(C)c1ccc(Oc2ccc(CNC(=O)/C=C\C(=O)O)cc2)cc1. The van der Waals surface area contributed by atoms with E-state index in [9.17, 15) is 9.59 Å². The van der Waals surface area contributed by atoms with Gasteiger partial charge in [0.25, 0.3) is 0 Å². The minimum absolute atomic E-state index is 0.312. The van der Waals surface area contributed by atoms with Gasteiger partial charge in [-0.3, -0.25) is 4.79 Å². The Balaban J connectivity index is 1.89. The Kier molecular flexibility index (Phi) is 6.34. The Labute approximate surface area is 146 Å². The molecule has 0 saturated carbocycles. The first-order valence-electron chi connectivity index (χ1n) is 7.99. The summed E-state index contributed by atoms with van der Waals surface area (Å²) in [5, 5.41) is 11.1. The minimum atomic E-state index is -1.15. The largest absolute Gasteiger partial charge is 0.478 e. The van der Waals surface area contributed by atoms with Crippen LogP contribution in [0.25, 0.3) is 0 Å². The first kappa shape index (κ1) is 18.3. The summed E-state index contributed by atoms with van der Waals surface area (Å²) in [6.45, 7) is 4.60. The highest BCUT2D eigenvalue weighted by Gasteiger charge is 2.02. The van der Waals surface area contributed by atoms with Crippen LogP contribution >= 0.6 is 0 Å². The van der Waals surface area contributed by atoms with Crippen LogP contribution in [0.2, 0.25) is 0 Å². The van der Waals surface area contributed by atoms with Crippen LogP contribution in [0.1, 0.15) is 30.9 Å². The number of amides is 1. The second kappa shape index (κ2) is 8.68. The maximum Gasteiger partial charge on any atom is 0.328 e. The van der Waals surface area contributed by atoms with E-state index in [4.69, 9.17) is 9.84 Å². The fourth-order valence-electron chi connectivity index (χ4n) is 2.13. The maximum absolute atomic E-state index is 11.4. The van der Waals surface area contributed by atoms with Crippen LogP contribution in [0, 0.1) is 0 Å². The summed E-state index contributed by atoms with van der Waals surface area (Å²) in [4.78, 5) is 21.8. The number of carboxylic acid groups (broad SMARTS) is 1. The third-order valence-electron chi connectivity index (χ3n) is 3.55. The van der Waals surface area contributed by atoms with Gasteiger partial charge < -0.3 is 15.2 Å². The van der Waals surface area contributed by atoms with Gasteiger partial charge >= 0.3 is 5.97 Å². The van der Waals surface area contributed by atoms with Gasteiger partial charge in [0.05, 0.1) is 0 Å². The molecule has 2 rings (SSSR count). The van der Waals surface area contributed by atoms with Gasteiger partial charge in [-0.15, -0.1) is 0 Å². The lowest BCUT2D eigenvalue weighted by atomic mass is 10.0. The van der Waals surface area contributed by atoms with Crippen LogP contribution in [0.3, 0.4) is 0 Å². The van der Waals surface area contributed by atoms with Crippen molar-refractivity contribution >= 4 is 11.9 Å². The van der Waals surface area contributed by atoms with E-state index in [1.165, 1.54) is 5.56 Å². The fraction of sp³-hybridized carbons (Fsp3) is 0.200. The van der Waals surface area contributed by atoms with Gasteiger partial charge in [-0.2, -0.15) is 0 Å². The highest BCUT2D eigenvalue weighted by atomic mass is 16.5. The first-order valence-corrected chi connectivity index (χ1v) is 7.99. The van der Waals surface area contributed by atoms with Gasteiger partial charge in [-0.25, -0.2) is 4.79 Å². The predicted octanol–water partition coefficient (Wildman–Crippen LogP) is 3.86. The molecule has 0 unspecified atom stereocenters. The molecular formula is C20H21NO4. The molecule has 0 heterocycles. The lowest BCUT2D eigenvalue weighted by Crippen LogP contribution is -2.20. The van der Waals surface area contributed by atoms with Crippen molar-refractivity contribution < 1.29 is 19.4 Å². The molecule has 0 atom stereocenters. The van der Waals surface area contributed by atoms with E-state index in [-0.39, 0.29) is 0 Å². The highest BCUT2D eigenvalue weighted by molar-refractivity contribution is 5.93. The van der Waals surface area contributed by atoms with Crippen molar-refractivity contribution in [3.05, 3.63) is 71.8 Å². The molecule has 0 aliphatic carbocycles. The molecule has 0 spiro atoms. The summed E-state index contributed by atoms with van der Waals surface area (Å²) in [5.41, 5.74) is 2.15. The van der Waals surface area contributed by atoms with Crippen molar-refractivity contribution in [2.24, 2.45) is 0 Å². The number of benzene rings is 2. The molecule has 1 amide bonds. The molecule has 2 N–H and O–H groups in total. The molecule has 5 nitrogen and oxygen atoms in total. The quantitative estimate of drug-likeness (QED) is 0.751. The zero-order valence-electron chi connectivity index (χ0n) is 14.2. The maximum atomic E-state index is 11.4. The third kappa shape index (κ3) is 6.14. The van der Waals surface area contributed by atoms with Gasteiger partial charge in [0.2, 0.25) is 5.91 Å². The van der Waals surface area contributed by atoms with Crippen molar-refractivity contribution in [1.29, 1.82) is 0 Å². The van der Waals surface area contributed by atoms with E-state index in [0.29, 0.717) is 18.2 Å². The number of hydrogen-bond donors (Lipinski definition) is 2. The Hall–Kier alpha value is -3.08. The highest BCUT2D eigenvalue weighted by Crippen LogP contribution is 2.24. The lowest BCUT2D eigenvalue weighted by molar-refractivity contribution is -0.131. The summed E-state index contributed by atoms with van der Waals surface area (Å²) < 4.78 is 5.79. The summed E-state index contributed by atoms with van der Waals surface area (Å²) in [5.74, 6) is 0.349. The third-order valence-corrected chi connectivity index (χ3v) is 3.55. The molecule has 0 aliphatic rings. The molecule has 0 bridgehead atoms. The molecule has 0 aliphatic heterocycles. The zero-order valence-corrected chi connectivity index (χ0v) is 14.2. The Morgan fingerprint density at radius 1 is 1.00 bits per heavy atom. The molecular weight excluding hydrogens is 318 g/mol. The summed E-state index contributed by atoms with van der Waals surface area (Å²) in [6, 6.07) is 15.3. The molecule has 2 aromatic rings. The molecule has 130 valence electrons. The number of aliphatic carboxylic acids is 1. The number of ether oxygens (including phenoxy) is 1. The smallest absolute Gasteiger partial charge is 0.328 e. The first-order chi connectivity index (χ1) is 11.9. The van der Waals surface area contributed by atoms with Crippen LogP contribution in [-0.4, -0.2) is 17.0 Å². The predicted molar refractivity (Wildman–Crippen MR) is 95.7 cm³/mol. The summed E-state index contributed by atoms with van der Waals surface area (Å²) in [6.07, 6.45) is 1.79. The number of rotatable bonds is 7. The van der Waals surface area contributed by atoms with Crippen LogP contribution in [0.5, 0.6) is 11.5 Å². The minimum Gasteiger partial charge on any atom is -0.478 e. The van der Waals surface area contributed by atoms with Gasteiger partial charge in [0.1, 0.15) is 11.5 Å². The van der Waals surface area contributed by atoms with Crippen LogP contribution < -0.4 is 10.1 Å². The number of carboxylic acids is 1. The Morgan fingerprint density at radius 2 is 1.56 bits per heavy atom. The second-order valence-corrected chi connectivity index (χ2v) is 5.86. The Bertz CT molecular complexity index is 746. The van der Waals surface area contributed by atoms with Gasteiger partial charge in [0.15, 0.2) is 0 Å². The van der Waals surface area contributed by atoms with Gasteiger partial charge in [0, 0.05) is 18.7 Å². The van der Waals surface area contributed by atoms with Gasteiger partial charge in [-0.05, 0) is 41.3 Å². The molecule has 0 fully saturated rings. The Morgan fingerprint density at radius 3 is 2.08 bits per heavy atom. The molecule has 25 heavy (non-hydrogen) atoms. The van der Waals surface area contributed by atoms with E-state index < -0.39 is 11.9 Å². The van der Waals surface area contributed by atoms with Crippen LogP contribution in [0.15, 0.2) is 60.7 Å². The van der Waals surface area contributed by atoms with Crippen molar-refractivity contribution in [2.45, 2.75) is 26.3 Å². The van der Waals surface area contributed by atoms with Crippen molar-refractivity contribution in [1.82, 2.24) is 5.32 Å². The zero-order chi connectivity index (χ0) is 18.2. The standard InChI is InChI=1S/C20H21NO4/c1-14(2)16-5-9-18(10-6-16)25-17-7-3-15(4-8-17)13-21-19(22)11-12-20(23)24/h3-12,14H,13H2,1-2H3,(H,21,22)(H,23,24)/b12-11-. The fourth-order valence-corrected chi connectivity index (χ4v) is 2.13. The van der Waals surface area contributed by atoms with Crippen molar-refractivity contribution in [3.63, 3.8) is 0 Å². The molecule has 0 radical (unpaired) electrons. The number of carbonyl (C=O) groups is 2. The molecule has 5 heteroatoms. The molecule has 0 saturated heterocycles. The monoisotopic (exact) mass is 339 g/mol. The topological polar surface area (TPSA) is 75.6 Å².